The molecule has 2 N–H and O–H groups in total. The molecule has 0 heterocycles. The van der Waals surface area contributed by atoms with Gasteiger partial charge in [0.2, 0.25) is 5.79 Å². The summed E-state index contributed by atoms with van der Waals surface area (Å²) in [6, 6.07) is 0. The Morgan fingerprint density at radius 3 is 1.38 bits per heavy atom. The average Bonchev–Trinajstić information content (AvgIpc) is 2.24. The van der Waals surface area contributed by atoms with E-state index < -0.39 is 48.5 Å². The first kappa shape index (κ1) is 20.3. The molecule has 0 rings (SSSR count). The van der Waals surface area contributed by atoms with Crippen molar-refractivity contribution in [2.24, 2.45) is 11.7 Å². The third-order valence-corrected chi connectivity index (χ3v) is 2.75. The maximum absolute atomic E-state index is 13.5. The zero-order valence-corrected chi connectivity index (χ0v) is 10.8. The molecule has 1 atom stereocenters. The molecule has 0 aromatic carbocycles. The van der Waals surface area contributed by atoms with Gasteiger partial charge in [-0.3, -0.25) is 5.73 Å². The quantitative estimate of drug-likeness (QED) is 0.560. The van der Waals surface area contributed by atoms with Gasteiger partial charge >= 0.3 is 23.9 Å². The molecule has 0 aliphatic carbocycles. The summed E-state index contributed by atoms with van der Waals surface area (Å²) in [5.41, 5.74) is 4.27. The van der Waals surface area contributed by atoms with Crippen LogP contribution in [0.2, 0.25) is 0 Å². The van der Waals surface area contributed by atoms with Crippen LogP contribution in [0.4, 0.5) is 43.9 Å². The van der Waals surface area contributed by atoms with Crippen LogP contribution in [-0.4, -0.2) is 29.7 Å². The van der Waals surface area contributed by atoms with E-state index in [2.05, 4.69) is 5.73 Å². The van der Waals surface area contributed by atoms with Crippen LogP contribution < -0.4 is 5.73 Å². The van der Waals surface area contributed by atoms with Crippen LogP contribution in [-0.2, 0) is 0 Å². The standard InChI is InChI=1S/C10H13F10N/c1-5(2)3-4-6(11,21)7(12,13)8(14,15)9(16,17)10(18,19)20/h5H,3-4,21H2,1-2H3. The highest BCUT2D eigenvalue weighted by Gasteiger charge is 2.85. The molecule has 1 nitrogen and oxygen atoms in total. The van der Waals surface area contributed by atoms with Gasteiger partial charge in [-0.05, 0) is 12.3 Å². The highest BCUT2D eigenvalue weighted by molar-refractivity contribution is 5.07. The molecule has 0 aliphatic rings. The molecule has 0 spiro atoms. The minimum Gasteiger partial charge on any atom is -0.294 e. The van der Waals surface area contributed by atoms with Gasteiger partial charge in [0.05, 0.1) is 0 Å². The summed E-state index contributed by atoms with van der Waals surface area (Å²) in [6.07, 6.45) is -9.02. The summed E-state index contributed by atoms with van der Waals surface area (Å²) < 4.78 is 126. The van der Waals surface area contributed by atoms with Crippen molar-refractivity contribution >= 4 is 0 Å². The second-order valence-corrected chi connectivity index (χ2v) is 5.02. The van der Waals surface area contributed by atoms with Crippen LogP contribution in [0.3, 0.4) is 0 Å². The highest BCUT2D eigenvalue weighted by Crippen LogP contribution is 2.56. The first-order valence-corrected chi connectivity index (χ1v) is 5.59. The van der Waals surface area contributed by atoms with E-state index >= 15 is 0 Å². The maximum Gasteiger partial charge on any atom is 0.460 e. The summed E-state index contributed by atoms with van der Waals surface area (Å²) in [7, 11) is 0. The zero-order chi connectivity index (χ0) is 17.5. The van der Waals surface area contributed by atoms with Crippen LogP contribution in [0.5, 0.6) is 0 Å². The molecular formula is C10H13F10N. The summed E-state index contributed by atoms with van der Waals surface area (Å²) in [4.78, 5) is 0. The van der Waals surface area contributed by atoms with Crippen LogP contribution in [0.1, 0.15) is 26.7 Å². The third kappa shape index (κ3) is 3.37. The van der Waals surface area contributed by atoms with E-state index in [1.807, 2.05) is 0 Å². The average molecular weight is 337 g/mol. The summed E-state index contributed by atoms with van der Waals surface area (Å²) in [5.74, 6) is -25.9. The Hall–Kier alpha value is -0.740. The van der Waals surface area contributed by atoms with E-state index in [1.54, 1.807) is 0 Å². The fourth-order valence-corrected chi connectivity index (χ4v) is 1.29. The van der Waals surface area contributed by atoms with E-state index in [4.69, 9.17) is 0 Å². The molecular weight excluding hydrogens is 324 g/mol. The lowest BCUT2D eigenvalue weighted by atomic mass is 9.90. The molecule has 0 bridgehead atoms. The van der Waals surface area contributed by atoms with Gasteiger partial charge in [-0.25, -0.2) is 4.39 Å². The lowest BCUT2D eigenvalue weighted by Crippen LogP contribution is -2.69. The fraction of sp³-hybridized carbons (Fsp3) is 1.00. The number of nitrogens with two attached hydrogens (primary N) is 1. The smallest absolute Gasteiger partial charge is 0.294 e. The minimum absolute atomic E-state index is 0.517. The number of rotatable bonds is 6. The van der Waals surface area contributed by atoms with Gasteiger partial charge in [-0.1, -0.05) is 13.8 Å². The van der Waals surface area contributed by atoms with E-state index in [-0.39, 0.29) is 0 Å². The van der Waals surface area contributed by atoms with E-state index in [1.165, 1.54) is 13.8 Å². The summed E-state index contributed by atoms with van der Waals surface area (Å²) in [6.45, 7) is 2.72. The van der Waals surface area contributed by atoms with Gasteiger partial charge in [0.25, 0.3) is 0 Å². The number of hydrogen-bond donors (Lipinski definition) is 1. The first-order chi connectivity index (χ1) is 8.92. The molecule has 0 saturated carbocycles. The third-order valence-electron chi connectivity index (χ3n) is 2.75. The predicted octanol–water partition coefficient (Wildman–Crippen LogP) is 4.52. The predicted molar refractivity (Wildman–Crippen MR) is 53.0 cm³/mol. The van der Waals surface area contributed by atoms with Crippen molar-refractivity contribution in [2.75, 3.05) is 0 Å². The van der Waals surface area contributed by atoms with Crippen molar-refractivity contribution in [3.63, 3.8) is 0 Å². The first-order valence-electron chi connectivity index (χ1n) is 5.59. The fourth-order valence-electron chi connectivity index (χ4n) is 1.29. The SMILES string of the molecule is CC(C)CCC(N)(F)C(F)(F)C(F)(F)C(F)(F)C(F)(F)F. The zero-order valence-electron chi connectivity index (χ0n) is 10.8. The molecule has 0 aromatic heterocycles. The number of hydrogen-bond acceptors (Lipinski definition) is 1. The Labute approximate surface area is 113 Å². The maximum atomic E-state index is 13.5. The summed E-state index contributed by atoms with van der Waals surface area (Å²) in [5, 5.41) is 0. The van der Waals surface area contributed by atoms with Gasteiger partial charge in [-0.2, -0.15) is 39.5 Å². The lowest BCUT2D eigenvalue weighted by Gasteiger charge is -2.39. The normalized spacial score (nSPS) is 18.0. The van der Waals surface area contributed by atoms with Gasteiger partial charge in [-0.15, -0.1) is 0 Å². The Kier molecular flexibility index (Phi) is 5.28. The van der Waals surface area contributed by atoms with Crippen LogP contribution in [0.15, 0.2) is 0 Å². The topological polar surface area (TPSA) is 26.0 Å². The van der Waals surface area contributed by atoms with Gasteiger partial charge in [0, 0.05) is 6.42 Å². The highest BCUT2D eigenvalue weighted by atomic mass is 19.4. The largest absolute Gasteiger partial charge is 0.460 e. The second kappa shape index (κ2) is 5.47. The molecule has 128 valence electrons. The van der Waals surface area contributed by atoms with Gasteiger partial charge in [0.1, 0.15) is 0 Å². The number of halogens is 10. The van der Waals surface area contributed by atoms with Gasteiger partial charge in [0.15, 0.2) is 0 Å². The number of alkyl halides is 10. The lowest BCUT2D eigenvalue weighted by molar-refractivity contribution is -0.411. The van der Waals surface area contributed by atoms with Crippen LogP contribution in [0.25, 0.3) is 0 Å². The van der Waals surface area contributed by atoms with Crippen LogP contribution in [0, 0.1) is 5.92 Å². The molecule has 0 saturated heterocycles. The van der Waals surface area contributed by atoms with Crippen LogP contribution >= 0.6 is 0 Å². The second-order valence-electron chi connectivity index (χ2n) is 5.02. The van der Waals surface area contributed by atoms with E-state index in [9.17, 15) is 43.9 Å². The molecule has 21 heavy (non-hydrogen) atoms. The molecule has 1 unspecified atom stereocenters. The molecule has 11 heteroatoms. The van der Waals surface area contributed by atoms with Crippen molar-refractivity contribution in [1.29, 1.82) is 0 Å². The molecule has 0 radical (unpaired) electrons. The van der Waals surface area contributed by atoms with E-state index in [0.29, 0.717) is 0 Å². The molecule has 0 aromatic rings. The molecule has 0 aliphatic heterocycles. The Balaban J connectivity index is 5.66. The Morgan fingerprint density at radius 1 is 0.714 bits per heavy atom. The molecule has 0 fully saturated rings. The monoisotopic (exact) mass is 337 g/mol. The van der Waals surface area contributed by atoms with Crippen molar-refractivity contribution < 1.29 is 43.9 Å². The summed E-state index contributed by atoms with van der Waals surface area (Å²) >= 11 is 0. The Bertz CT molecular complexity index is 357. The van der Waals surface area contributed by atoms with E-state index in [0.717, 1.165) is 0 Å². The van der Waals surface area contributed by atoms with Crippen molar-refractivity contribution in [3.8, 4) is 0 Å². The Morgan fingerprint density at radius 2 is 1.10 bits per heavy atom. The molecule has 0 amide bonds. The van der Waals surface area contributed by atoms with Crippen molar-refractivity contribution in [2.45, 2.75) is 56.4 Å². The van der Waals surface area contributed by atoms with Gasteiger partial charge < -0.3 is 0 Å². The van der Waals surface area contributed by atoms with Crippen molar-refractivity contribution in [3.05, 3.63) is 0 Å². The van der Waals surface area contributed by atoms with Crippen molar-refractivity contribution in [1.82, 2.24) is 0 Å². The minimum atomic E-state index is -7.14.